The third kappa shape index (κ3) is 2.62. The maximum absolute atomic E-state index is 10.7. The molecule has 1 atom stereocenters. The summed E-state index contributed by atoms with van der Waals surface area (Å²) in [6, 6.07) is 1.91. The summed E-state index contributed by atoms with van der Waals surface area (Å²) in [5.41, 5.74) is 6.85. The van der Waals surface area contributed by atoms with Gasteiger partial charge in [-0.1, -0.05) is 32.1 Å². The molecule has 0 radical (unpaired) electrons. The Morgan fingerprint density at radius 2 is 1.89 bits per heavy atom. The molecular formula is C15H25NO2. The number of hydrogen-bond donors (Lipinski definition) is 2. The number of nitrogens with two attached hydrogens (primary N) is 1. The van der Waals surface area contributed by atoms with E-state index in [0.717, 1.165) is 31.2 Å². The van der Waals surface area contributed by atoms with E-state index in [0.29, 0.717) is 12.3 Å². The number of aliphatic hydroxyl groups is 1. The molecule has 18 heavy (non-hydrogen) atoms. The Labute approximate surface area is 109 Å². The van der Waals surface area contributed by atoms with Crippen LogP contribution in [0.2, 0.25) is 0 Å². The maximum Gasteiger partial charge on any atom is 0.135 e. The second-order valence-electron chi connectivity index (χ2n) is 5.70. The zero-order valence-corrected chi connectivity index (χ0v) is 11.3. The number of furan rings is 1. The molecule has 2 rings (SSSR count). The van der Waals surface area contributed by atoms with Crippen molar-refractivity contribution in [2.45, 2.75) is 58.0 Å². The summed E-state index contributed by atoms with van der Waals surface area (Å²) >= 11 is 0. The van der Waals surface area contributed by atoms with Gasteiger partial charge in [0.1, 0.15) is 11.9 Å². The molecule has 0 aromatic carbocycles. The highest BCUT2D eigenvalue weighted by molar-refractivity contribution is 5.19. The van der Waals surface area contributed by atoms with Gasteiger partial charge < -0.3 is 15.3 Å². The van der Waals surface area contributed by atoms with Crippen LogP contribution in [0.25, 0.3) is 0 Å². The molecule has 1 heterocycles. The predicted octanol–water partition coefficient (Wildman–Crippen LogP) is 3.31. The molecule has 0 amide bonds. The second-order valence-corrected chi connectivity index (χ2v) is 5.70. The van der Waals surface area contributed by atoms with Crippen LogP contribution in [0.4, 0.5) is 0 Å². The molecule has 102 valence electrons. The Morgan fingerprint density at radius 1 is 1.28 bits per heavy atom. The lowest BCUT2D eigenvalue weighted by Gasteiger charge is -2.38. The topological polar surface area (TPSA) is 59.4 Å². The highest BCUT2D eigenvalue weighted by Gasteiger charge is 2.39. The van der Waals surface area contributed by atoms with Gasteiger partial charge in [-0.3, -0.25) is 0 Å². The van der Waals surface area contributed by atoms with Crippen LogP contribution in [-0.2, 0) is 0 Å². The third-order valence-corrected chi connectivity index (χ3v) is 4.49. The summed E-state index contributed by atoms with van der Waals surface area (Å²) in [5.74, 6) is 0.709. The Hall–Kier alpha value is -0.800. The van der Waals surface area contributed by atoms with Crippen LogP contribution in [0, 0.1) is 12.3 Å². The Balaban J connectivity index is 2.21. The van der Waals surface area contributed by atoms with Gasteiger partial charge in [-0.05, 0) is 31.4 Å². The molecule has 0 aliphatic heterocycles. The van der Waals surface area contributed by atoms with Crippen LogP contribution < -0.4 is 5.73 Å². The van der Waals surface area contributed by atoms with Crippen LogP contribution in [0.5, 0.6) is 0 Å². The first-order chi connectivity index (χ1) is 8.69. The van der Waals surface area contributed by atoms with Crippen molar-refractivity contribution >= 4 is 0 Å². The number of rotatable bonds is 3. The molecule has 1 unspecified atom stereocenters. The van der Waals surface area contributed by atoms with Crippen LogP contribution >= 0.6 is 0 Å². The van der Waals surface area contributed by atoms with E-state index in [2.05, 4.69) is 0 Å². The molecule has 0 saturated heterocycles. The van der Waals surface area contributed by atoms with Crippen molar-refractivity contribution in [1.29, 1.82) is 0 Å². The van der Waals surface area contributed by atoms with Crippen molar-refractivity contribution in [1.82, 2.24) is 0 Å². The van der Waals surface area contributed by atoms with Crippen molar-refractivity contribution in [2.75, 3.05) is 6.54 Å². The minimum atomic E-state index is -0.560. The minimum Gasteiger partial charge on any atom is -0.466 e. The molecule has 1 fully saturated rings. The average Bonchev–Trinajstić information content (AvgIpc) is 2.75. The van der Waals surface area contributed by atoms with Gasteiger partial charge in [0.05, 0.1) is 6.26 Å². The molecule has 3 heteroatoms. The first-order valence-electron chi connectivity index (χ1n) is 7.12. The van der Waals surface area contributed by atoms with Crippen LogP contribution in [0.1, 0.15) is 62.4 Å². The predicted molar refractivity (Wildman–Crippen MR) is 72.2 cm³/mol. The highest BCUT2D eigenvalue weighted by Crippen LogP contribution is 2.44. The van der Waals surface area contributed by atoms with Gasteiger partial charge in [0.15, 0.2) is 0 Å². The molecule has 3 N–H and O–H groups in total. The van der Waals surface area contributed by atoms with Crippen molar-refractivity contribution in [3.63, 3.8) is 0 Å². The molecule has 1 aliphatic carbocycles. The zero-order chi connectivity index (χ0) is 13.0. The fraction of sp³-hybridized carbons (Fsp3) is 0.733. The van der Waals surface area contributed by atoms with Gasteiger partial charge >= 0.3 is 0 Å². The number of hydrogen-bond acceptors (Lipinski definition) is 3. The fourth-order valence-corrected chi connectivity index (χ4v) is 3.14. The summed E-state index contributed by atoms with van der Waals surface area (Å²) in [6.45, 7) is 2.52. The standard InChI is InChI=1S/C15H25NO2/c1-12-7-10-18-13(12)14(17)15(11-16)8-5-3-2-4-6-9-15/h7,10,14,17H,2-6,8-9,11,16H2,1H3. The van der Waals surface area contributed by atoms with Gasteiger partial charge in [-0.2, -0.15) is 0 Å². The monoisotopic (exact) mass is 251 g/mol. The van der Waals surface area contributed by atoms with Gasteiger partial charge in [-0.15, -0.1) is 0 Å². The van der Waals surface area contributed by atoms with Gasteiger partial charge in [0, 0.05) is 12.0 Å². The Kier molecular flexibility index (Phi) is 4.46. The summed E-state index contributed by atoms with van der Waals surface area (Å²) in [5, 5.41) is 10.7. The molecule has 0 bridgehead atoms. The average molecular weight is 251 g/mol. The number of aryl methyl sites for hydroxylation is 1. The van der Waals surface area contributed by atoms with Crippen LogP contribution in [0.3, 0.4) is 0 Å². The fourth-order valence-electron chi connectivity index (χ4n) is 3.14. The Morgan fingerprint density at radius 3 is 2.39 bits per heavy atom. The third-order valence-electron chi connectivity index (χ3n) is 4.49. The van der Waals surface area contributed by atoms with Crippen LogP contribution in [-0.4, -0.2) is 11.7 Å². The molecule has 1 aliphatic rings. The van der Waals surface area contributed by atoms with E-state index in [1.165, 1.54) is 19.3 Å². The van der Waals surface area contributed by atoms with E-state index < -0.39 is 6.10 Å². The summed E-state index contributed by atoms with van der Waals surface area (Å²) in [7, 11) is 0. The lowest BCUT2D eigenvalue weighted by atomic mass is 9.71. The summed E-state index contributed by atoms with van der Waals surface area (Å²) in [6.07, 6.45) is 9.25. The van der Waals surface area contributed by atoms with Gasteiger partial charge in [-0.25, -0.2) is 0 Å². The highest BCUT2D eigenvalue weighted by atomic mass is 16.4. The van der Waals surface area contributed by atoms with Crippen molar-refractivity contribution < 1.29 is 9.52 Å². The molecule has 1 saturated carbocycles. The lowest BCUT2D eigenvalue weighted by molar-refractivity contribution is -0.00648. The lowest BCUT2D eigenvalue weighted by Crippen LogP contribution is -2.37. The molecule has 1 aromatic rings. The van der Waals surface area contributed by atoms with Crippen molar-refractivity contribution in [3.05, 3.63) is 23.7 Å². The van der Waals surface area contributed by atoms with E-state index >= 15 is 0 Å². The first-order valence-corrected chi connectivity index (χ1v) is 7.12. The van der Waals surface area contributed by atoms with E-state index in [-0.39, 0.29) is 5.41 Å². The van der Waals surface area contributed by atoms with Gasteiger partial charge in [0.2, 0.25) is 0 Å². The van der Waals surface area contributed by atoms with E-state index in [9.17, 15) is 5.11 Å². The minimum absolute atomic E-state index is 0.191. The summed E-state index contributed by atoms with van der Waals surface area (Å²) < 4.78 is 5.47. The number of aliphatic hydroxyl groups excluding tert-OH is 1. The summed E-state index contributed by atoms with van der Waals surface area (Å²) in [4.78, 5) is 0. The van der Waals surface area contributed by atoms with Crippen LogP contribution in [0.15, 0.2) is 16.7 Å². The van der Waals surface area contributed by atoms with Crippen molar-refractivity contribution in [3.8, 4) is 0 Å². The molecule has 3 nitrogen and oxygen atoms in total. The smallest absolute Gasteiger partial charge is 0.135 e. The Bertz CT molecular complexity index is 364. The molecule has 1 aromatic heterocycles. The van der Waals surface area contributed by atoms with E-state index in [1.54, 1.807) is 6.26 Å². The van der Waals surface area contributed by atoms with Gasteiger partial charge in [0.25, 0.3) is 0 Å². The quantitative estimate of drug-likeness (QED) is 0.866. The normalized spacial score (nSPS) is 22.2. The van der Waals surface area contributed by atoms with Crippen molar-refractivity contribution in [2.24, 2.45) is 11.1 Å². The zero-order valence-electron chi connectivity index (χ0n) is 11.3. The maximum atomic E-state index is 10.7. The molecular weight excluding hydrogens is 226 g/mol. The molecule has 0 spiro atoms. The first kappa shape index (κ1) is 13.6. The second kappa shape index (κ2) is 5.89. The SMILES string of the molecule is Cc1ccoc1C(O)C1(CN)CCCCCCC1. The largest absolute Gasteiger partial charge is 0.466 e. The van der Waals surface area contributed by atoms with E-state index in [4.69, 9.17) is 10.2 Å². The van der Waals surface area contributed by atoms with E-state index in [1.807, 2.05) is 13.0 Å².